The van der Waals surface area contributed by atoms with Gasteiger partial charge in [-0.05, 0) is 42.5 Å². The number of carbonyl (C=O) groups excluding carboxylic acids is 2. The molecule has 5 nitrogen and oxygen atoms in total. The van der Waals surface area contributed by atoms with Crippen LogP contribution in [0, 0.1) is 11.6 Å². The van der Waals surface area contributed by atoms with Crippen molar-refractivity contribution in [3.63, 3.8) is 0 Å². The summed E-state index contributed by atoms with van der Waals surface area (Å²) in [5.74, 6) is -2.30. The van der Waals surface area contributed by atoms with Gasteiger partial charge >= 0.3 is 0 Å². The molecule has 0 fully saturated rings. The fraction of sp³-hybridized carbons (Fsp3) is 0.0909. The summed E-state index contributed by atoms with van der Waals surface area (Å²) in [5, 5.41) is 13.9. The quantitative estimate of drug-likeness (QED) is 0.714. The van der Waals surface area contributed by atoms with Crippen LogP contribution in [-0.2, 0) is 15.2 Å². The number of anilines is 2. The summed E-state index contributed by atoms with van der Waals surface area (Å²) in [6.07, 6.45) is 0. The number of amides is 2. The van der Waals surface area contributed by atoms with Gasteiger partial charge in [0.15, 0.2) is 5.60 Å². The second kappa shape index (κ2) is 7.10. The molecule has 2 N–H and O–H groups in total. The Hall–Kier alpha value is -3.58. The normalized spacial score (nSPS) is 17.9. The first-order chi connectivity index (χ1) is 13.9. The highest BCUT2D eigenvalue weighted by Crippen LogP contribution is 2.44. The zero-order valence-corrected chi connectivity index (χ0v) is 15.1. The van der Waals surface area contributed by atoms with E-state index < -0.39 is 29.0 Å². The maximum atomic E-state index is 13.7. The third-order valence-electron chi connectivity index (χ3n) is 4.81. The van der Waals surface area contributed by atoms with Crippen LogP contribution in [0.5, 0.6) is 0 Å². The zero-order chi connectivity index (χ0) is 20.6. The molecule has 2 amide bonds. The maximum absolute atomic E-state index is 13.7. The SMILES string of the molecule is O=C(CN1C(=O)[C@](O)(c2cccc(F)c2)c2ccccc21)Nc1ccc(F)cc1. The predicted molar refractivity (Wildman–Crippen MR) is 103 cm³/mol. The van der Waals surface area contributed by atoms with Gasteiger partial charge in [-0.25, -0.2) is 8.78 Å². The van der Waals surface area contributed by atoms with Crippen molar-refractivity contribution < 1.29 is 23.5 Å². The third kappa shape index (κ3) is 3.25. The smallest absolute Gasteiger partial charge is 0.268 e. The molecule has 0 unspecified atom stereocenters. The summed E-state index contributed by atoms with van der Waals surface area (Å²) in [6, 6.07) is 16.9. The summed E-state index contributed by atoms with van der Waals surface area (Å²) in [6.45, 7) is -0.370. The van der Waals surface area contributed by atoms with E-state index in [0.29, 0.717) is 11.4 Å². The Labute approximate surface area is 165 Å². The molecule has 0 saturated heterocycles. The van der Waals surface area contributed by atoms with Crippen LogP contribution < -0.4 is 10.2 Å². The van der Waals surface area contributed by atoms with Crippen molar-refractivity contribution in [2.24, 2.45) is 0 Å². The average molecular weight is 394 g/mol. The minimum Gasteiger partial charge on any atom is -0.372 e. The van der Waals surface area contributed by atoms with E-state index in [1.54, 1.807) is 24.3 Å². The van der Waals surface area contributed by atoms with Crippen LogP contribution in [0.4, 0.5) is 20.2 Å². The Morgan fingerprint density at radius 3 is 2.41 bits per heavy atom. The first-order valence-corrected chi connectivity index (χ1v) is 8.85. The monoisotopic (exact) mass is 394 g/mol. The van der Waals surface area contributed by atoms with Gasteiger partial charge < -0.3 is 10.4 Å². The Kier molecular flexibility index (Phi) is 4.60. The van der Waals surface area contributed by atoms with Crippen molar-refractivity contribution in [3.8, 4) is 0 Å². The highest BCUT2D eigenvalue weighted by atomic mass is 19.1. The number of rotatable bonds is 4. The van der Waals surface area contributed by atoms with E-state index in [4.69, 9.17) is 0 Å². The number of nitrogens with one attached hydrogen (secondary N) is 1. The van der Waals surface area contributed by atoms with Gasteiger partial charge in [-0.1, -0.05) is 30.3 Å². The second-order valence-electron chi connectivity index (χ2n) is 6.68. The fourth-order valence-corrected chi connectivity index (χ4v) is 3.46. The molecule has 0 bridgehead atoms. The molecule has 0 saturated carbocycles. The Morgan fingerprint density at radius 2 is 1.69 bits per heavy atom. The largest absolute Gasteiger partial charge is 0.372 e. The second-order valence-corrected chi connectivity index (χ2v) is 6.68. The van der Waals surface area contributed by atoms with E-state index in [9.17, 15) is 23.5 Å². The summed E-state index contributed by atoms with van der Waals surface area (Å²) in [7, 11) is 0. The molecule has 7 heteroatoms. The zero-order valence-electron chi connectivity index (χ0n) is 15.1. The van der Waals surface area contributed by atoms with Gasteiger partial charge in [-0.3, -0.25) is 14.5 Å². The molecule has 0 aromatic heterocycles. The van der Waals surface area contributed by atoms with Crippen molar-refractivity contribution in [1.29, 1.82) is 0 Å². The van der Waals surface area contributed by atoms with Crippen molar-refractivity contribution in [2.45, 2.75) is 5.60 Å². The molecule has 1 atom stereocenters. The first-order valence-electron chi connectivity index (χ1n) is 8.85. The topological polar surface area (TPSA) is 69.6 Å². The molecule has 29 heavy (non-hydrogen) atoms. The Morgan fingerprint density at radius 1 is 0.966 bits per heavy atom. The molecular formula is C22H16F2N2O3. The van der Waals surface area contributed by atoms with Crippen LogP contribution in [0.1, 0.15) is 11.1 Å². The van der Waals surface area contributed by atoms with Crippen molar-refractivity contribution in [3.05, 3.63) is 95.6 Å². The number of benzene rings is 3. The highest BCUT2D eigenvalue weighted by molar-refractivity contribution is 6.12. The summed E-state index contributed by atoms with van der Waals surface area (Å²) in [5.41, 5.74) is -1.02. The number of aliphatic hydroxyl groups is 1. The Balaban J connectivity index is 1.66. The molecule has 0 radical (unpaired) electrons. The molecule has 146 valence electrons. The summed E-state index contributed by atoms with van der Waals surface area (Å²) in [4.78, 5) is 26.8. The number of halogens is 2. The lowest BCUT2D eigenvalue weighted by Gasteiger charge is -2.23. The van der Waals surface area contributed by atoms with E-state index in [-0.39, 0.29) is 17.7 Å². The number of fused-ring (bicyclic) bond motifs is 1. The van der Waals surface area contributed by atoms with E-state index in [2.05, 4.69) is 5.32 Å². The van der Waals surface area contributed by atoms with E-state index in [1.165, 1.54) is 42.5 Å². The lowest BCUT2D eigenvalue weighted by Crippen LogP contribution is -2.44. The molecule has 1 aliphatic heterocycles. The third-order valence-corrected chi connectivity index (χ3v) is 4.81. The van der Waals surface area contributed by atoms with Gasteiger partial charge in [0.25, 0.3) is 5.91 Å². The van der Waals surface area contributed by atoms with Crippen LogP contribution in [0.15, 0.2) is 72.8 Å². The van der Waals surface area contributed by atoms with Gasteiger partial charge in [0.05, 0.1) is 5.69 Å². The van der Waals surface area contributed by atoms with Gasteiger partial charge in [0.1, 0.15) is 18.2 Å². The van der Waals surface area contributed by atoms with Crippen molar-refractivity contribution in [2.75, 3.05) is 16.8 Å². The predicted octanol–water partition coefficient (Wildman–Crippen LogP) is 3.19. The lowest BCUT2D eigenvalue weighted by molar-refractivity contribution is -0.133. The van der Waals surface area contributed by atoms with Crippen molar-refractivity contribution in [1.82, 2.24) is 0 Å². The molecule has 0 aliphatic carbocycles. The Bertz CT molecular complexity index is 1100. The molecule has 1 aliphatic rings. The minimum absolute atomic E-state index is 0.0800. The van der Waals surface area contributed by atoms with Crippen LogP contribution in [0.25, 0.3) is 0 Å². The van der Waals surface area contributed by atoms with Crippen LogP contribution in [-0.4, -0.2) is 23.5 Å². The summed E-state index contributed by atoms with van der Waals surface area (Å²) < 4.78 is 26.8. The standard InChI is InChI=1S/C22H16F2N2O3/c23-15-8-10-17(11-9-15)25-20(27)13-26-19-7-2-1-6-18(19)22(29,21(26)28)14-4-3-5-16(24)12-14/h1-12,29H,13H2,(H,25,27)/t22-/m0/s1. The van der Waals surface area contributed by atoms with Crippen LogP contribution in [0.3, 0.4) is 0 Å². The number of para-hydroxylation sites is 1. The van der Waals surface area contributed by atoms with E-state index >= 15 is 0 Å². The molecule has 0 spiro atoms. The van der Waals surface area contributed by atoms with E-state index in [0.717, 1.165) is 11.0 Å². The number of nitrogens with zero attached hydrogens (tertiary/aromatic N) is 1. The minimum atomic E-state index is -2.10. The molecule has 3 aromatic carbocycles. The molecule has 1 heterocycles. The number of carbonyl (C=O) groups is 2. The highest BCUT2D eigenvalue weighted by Gasteiger charge is 2.51. The van der Waals surface area contributed by atoms with Crippen LogP contribution in [0.2, 0.25) is 0 Å². The van der Waals surface area contributed by atoms with E-state index in [1.807, 2.05) is 0 Å². The summed E-state index contributed by atoms with van der Waals surface area (Å²) >= 11 is 0. The van der Waals surface area contributed by atoms with Crippen LogP contribution >= 0.6 is 0 Å². The maximum Gasteiger partial charge on any atom is 0.268 e. The number of hydrogen-bond donors (Lipinski definition) is 2. The lowest BCUT2D eigenvalue weighted by atomic mass is 9.87. The fourth-order valence-electron chi connectivity index (χ4n) is 3.46. The van der Waals surface area contributed by atoms with Gasteiger partial charge in [0.2, 0.25) is 5.91 Å². The van der Waals surface area contributed by atoms with Gasteiger partial charge in [0, 0.05) is 16.8 Å². The number of hydrogen-bond acceptors (Lipinski definition) is 3. The molecule has 4 rings (SSSR count). The van der Waals surface area contributed by atoms with Gasteiger partial charge in [-0.2, -0.15) is 0 Å². The first kappa shape index (κ1) is 18.8. The van der Waals surface area contributed by atoms with Crippen molar-refractivity contribution >= 4 is 23.2 Å². The molecule has 3 aromatic rings. The average Bonchev–Trinajstić information content (AvgIpc) is 2.93. The molecular weight excluding hydrogens is 378 g/mol. The van der Waals surface area contributed by atoms with Gasteiger partial charge in [-0.15, -0.1) is 0 Å².